The van der Waals surface area contributed by atoms with E-state index in [-0.39, 0.29) is 12.0 Å². The van der Waals surface area contributed by atoms with Gasteiger partial charge in [0.25, 0.3) is 0 Å². The Morgan fingerprint density at radius 1 is 1.50 bits per heavy atom. The molecule has 20 heavy (non-hydrogen) atoms. The second kappa shape index (κ2) is 6.20. The first-order valence-electron chi connectivity index (χ1n) is 7.31. The number of carbonyl (C=O) groups is 1. The maximum Gasteiger partial charge on any atom is 0.328 e. The van der Waals surface area contributed by atoms with E-state index >= 15 is 0 Å². The standard InChI is InChI=1S/C15H23N3O2/c1-5-20-14(19)13-7-6-8-18(13)15-16-11(4)9-12(17-15)10(2)3/h9-10,13H,5-8H2,1-4H3. The van der Waals surface area contributed by atoms with Crippen LogP contribution in [0.4, 0.5) is 5.95 Å². The average molecular weight is 277 g/mol. The first kappa shape index (κ1) is 14.8. The Hall–Kier alpha value is -1.65. The van der Waals surface area contributed by atoms with E-state index in [1.807, 2.05) is 24.8 Å². The van der Waals surface area contributed by atoms with Gasteiger partial charge in [-0.3, -0.25) is 0 Å². The number of aromatic nitrogens is 2. The number of rotatable bonds is 4. The van der Waals surface area contributed by atoms with Gasteiger partial charge in [-0.05, 0) is 38.7 Å². The highest BCUT2D eigenvalue weighted by atomic mass is 16.5. The maximum atomic E-state index is 12.0. The van der Waals surface area contributed by atoms with Crippen LogP contribution in [0.15, 0.2) is 6.07 Å². The Morgan fingerprint density at radius 3 is 2.90 bits per heavy atom. The van der Waals surface area contributed by atoms with Gasteiger partial charge < -0.3 is 9.64 Å². The molecule has 110 valence electrons. The van der Waals surface area contributed by atoms with Gasteiger partial charge in [-0.25, -0.2) is 14.8 Å². The third-order valence-corrected chi connectivity index (χ3v) is 3.52. The van der Waals surface area contributed by atoms with Gasteiger partial charge in [-0.2, -0.15) is 0 Å². The minimum atomic E-state index is -0.239. The molecule has 0 radical (unpaired) electrons. The molecule has 1 atom stereocenters. The van der Waals surface area contributed by atoms with Crippen LogP contribution in [0, 0.1) is 6.92 Å². The zero-order chi connectivity index (χ0) is 14.7. The molecule has 0 aliphatic carbocycles. The first-order chi connectivity index (χ1) is 9.52. The molecule has 1 fully saturated rings. The van der Waals surface area contributed by atoms with Gasteiger partial charge >= 0.3 is 5.97 Å². The largest absolute Gasteiger partial charge is 0.464 e. The van der Waals surface area contributed by atoms with Gasteiger partial charge in [0, 0.05) is 17.9 Å². The van der Waals surface area contributed by atoms with E-state index < -0.39 is 0 Å². The fourth-order valence-electron chi connectivity index (χ4n) is 2.49. The lowest BCUT2D eigenvalue weighted by atomic mass is 10.1. The molecule has 2 rings (SSSR count). The summed E-state index contributed by atoms with van der Waals surface area (Å²) in [6.07, 6.45) is 1.78. The SMILES string of the molecule is CCOC(=O)C1CCCN1c1nc(C)cc(C(C)C)n1. The topological polar surface area (TPSA) is 55.3 Å². The van der Waals surface area contributed by atoms with Crippen LogP contribution in [0.2, 0.25) is 0 Å². The van der Waals surface area contributed by atoms with E-state index in [2.05, 4.69) is 23.8 Å². The molecule has 1 aromatic rings. The number of esters is 1. The van der Waals surface area contributed by atoms with Crippen LogP contribution >= 0.6 is 0 Å². The van der Waals surface area contributed by atoms with Crippen LogP contribution in [-0.4, -0.2) is 35.1 Å². The summed E-state index contributed by atoms with van der Waals surface area (Å²) >= 11 is 0. The Labute approximate surface area is 120 Å². The number of carbonyl (C=O) groups excluding carboxylic acids is 1. The summed E-state index contributed by atoms with van der Waals surface area (Å²) in [6.45, 7) is 9.24. The summed E-state index contributed by atoms with van der Waals surface area (Å²) in [4.78, 5) is 23.1. The maximum absolute atomic E-state index is 12.0. The molecule has 5 nitrogen and oxygen atoms in total. The Morgan fingerprint density at radius 2 is 2.25 bits per heavy atom. The molecule has 1 saturated heterocycles. The Kier molecular flexibility index (Phi) is 4.57. The molecule has 5 heteroatoms. The lowest BCUT2D eigenvalue weighted by Crippen LogP contribution is -2.38. The van der Waals surface area contributed by atoms with Crippen molar-refractivity contribution in [2.45, 2.75) is 52.5 Å². The summed E-state index contributed by atoms with van der Waals surface area (Å²) in [5.41, 5.74) is 1.95. The highest BCUT2D eigenvalue weighted by Gasteiger charge is 2.33. The predicted octanol–water partition coefficient (Wildman–Crippen LogP) is 2.44. The van der Waals surface area contributed by atoms with Crippen molar-refractivity contribution in [3.8, 4) is 0 Å². The van der Waals surface area contributed by atoms with Crippen molar-refractivity contribution in [1.82, 2.24) is 9.97 Å². The third-order valence-electron chi connectivity index (χ3n) is 3.52. The van der Waals surface area contributed by atoms with E-state index in [1.165, 1.54) is 0 Å². The molecule has 2 heterocycles. The van der Waals surface area contributed by atoms with Crippen molar-refractivity contribution < 1.29 is 9.53 Å². The van der Waals surface area contributed by atoms with E-state index in [0.717, 1.165) is 30.8 Å². The second-order valence-electron chi connectivity index (χ2n) is 5.49. The smallest absolute Gasteiger partial charge is 0.328 e. The minimum absolute atomic E-state index is 0.166. The van der Waals surface area contributed by atoms with Gasteiger partial charge in [0.1, 0.15) is 6.04 Å². The fourth-order valence-corrected chi connectivity index (χ4v) is 2.49. The minimum Gasteiger partial charge on any atom is -0.464 e. The molecular formula is C15H23N3O2. The molecule has 0 bridgehead atoms. The van der Waals surface area contributed by atoms with E-state index in [4.69, 9.17) is 4.74 Å². The van der Waals surface area contributed by atoms with Gasteiger partial charge in [0.2, 0.25) is 5.95 Å². The summed E-state index contributed by atoms with van der Waals surface area (Å²) in [7, 11) is 0. The molecule has 0 spiro atoms. The molecule has 1 aromatic heterocycles. The highest BCUT2D eigenvalue weighted by Crippen LogP contribution is 2.25. The molecule has 0 aromatic carbocycles. The molecule has 1 unspecified atom stereocenters. The lowest BCUT2D eigenvalue weighted by Gasteiger charge is -2.24. The normalized spacial score (nSPS) is 18.6. The summed E-state index contributed by atoms with van der Waals surface area (Å²) in [5.74, 6) is 0.838. The predicted molar refractivity (Wildman–Crippen MR) is 77.9 cm³/mol. The molecule has 0 N–H and O–H groups in total. The average Bonchev–Trinajstić information content (AvgIpc) is 2.87. The number of aryl methyl sites for hydroxylation is 1. The van der Waals surface area contributed by atoms with Crippen LogP contribution in [0.3, 0.4) is 0 Å². The quantitative estimate of drug-likeness (QED) is 0.791. The number of hydrogen-bond donors (Lipinski definition) is 0. The Bertz CT molecular complexity index is 488. The van der Waals surface area contributed by atoms with Crippen molar-refractivity contribution >= 4 is 11.9 Å². The van der Waals surface area contributed by atoms with Crippen molar-refractivity contribution in [2.75, 3.05) is 18.1 Å². The van der Waals surface area contributed by atoms with Crippen LogP contribution in [0.5, 0.6) is 0 Å². The zero-order valence-electron chi connectivity index (χ0n) is 12.7. The van der Waals surface area contributed by atoms with E-state index in [9.17, 15) is 4.79 Å². The molecule has 0 saturated carbocycles. The van der Waals surface area contributed by atoms with Gasteiger partial charge in [-0.1, -0.05) is 13.8 Å². The van der Waals surface area contributed by atoms with Crippen LogP contribution < -0.4 is 4.90 Å². The second-order valence-corrected chi connectivity index (χ2v) is 5.49. The molecule has 0 amide bonds. The monoisotopic (exact) mass is 277 g/mol. The third kappa shape index (κ3) is 3.08. The van der Waals surface area contributed by atoms with E-state index in [0.29, 0.717) is 18.5 Å². The van der Waals surface area contributed by atoms with Crippen molar-refractivity contribution in [1.29, 1.82) is 0 Å². The molecular weight excluding hydrogens is 254 g/mol. The van der Waals surface area contributed by atoms with Gasteiger partial charge in [-0.15, -0.1) is 0 Å². The summed E-state index contributed by atoms with van der Waals surface area (Å²) in [5, 5.41) is 0. The molecule has 1 aliphatic heterocycles. The fraction of sp³-hybridized carbons (Fsp3) is 0.667. The van der Waals surface area contributed by atoms with Crippen LogP contribution in [0.25, 0.3) is 0 Å². The van der Waals surface area contributed by atoms with Crippen molar-refractivity contribution in [2.24, 2.45) is 0 Å². The van der Waals surface area contributed by atoms with E-state index in [1.54, 1.807) is 0 Å². The molecule has 1 aliphatic rings. The number of ether oxygens (including phenoxy) is 1. The summed E-state index contributed by atoms with van der Waals surface area (Å²) in [6, 6.07) is 1.76. The number of nitrogens with zero attached hydrogens (tertiary/aromatic N) is 3. The zero-order valence-corrected chi connectivity index (χ0v) is 12.7. The van der Waals surface area contributed by atoms with Gasteiger partial charge in [0.15, 0.2) is 0 Å². The Balaban J connectivity index is 2.27. The summed E-state index contributed by atoms with van der Waals surface area (Å²) < 4.78 is 5.15. The van der Waals surface area contributed by atoms with Crippen LogP contribution in [-0.2, 0) is 9.53 Å². The lowest BCUT2D eigenvalue weighted by molar-refractivity contribution is -0.144. The first-order valence-corrected chi connectivity index (χ1v) is 7.31. The van der Waals surface area contributed by atoms with Crippen molar-refractivity contribution in [3.05, 3.63) is 17.5 Å². The van der Waals surface area contributed by atoms with Gasteiger partial charge in [0.05, 0.1) is 6.61 Å². The van der Waals surface area contributed by atoms with Crippen molar-refractivity contribution in [3.63, 3.8) is 0 Å². The number of hydrogen-bond acceptors (Lipinski definition) is 5. The van der Waals surface area contributed by atoms with Crippen LogP contribution in [0.1, 0.15) is 50.9 Å². The highest BCUT2D eigenvalue weighted by molar-refractivity contribution is 5.80. The number of anilines is 1.